The number of benzene rings is 1. The van der Waals surface area contributed by atoms with Gasteiger partial charge >= 0.3 is 5.97 Å². The van der Waals surface area contributed by atoms with E-state index in [0.29, 0.717) is 13.0 Å². The molecule has 86 valence electrons. The third-order valence-electron chi connectivity index (χ3n) is 2.93. The highest BCUT2D eigenvalue weighted by atomic mass is 79.9. The zero-order valence-electron chi connectivity index (χ0n) is 9.07. The molecule has 1 aliphatic carbocycles. The first-order chi connectivity index (χ1) is 7.58. The van der Waals surface area contributed by atoms with Crippen LogP contribution in [-0.2, 0) is 9.53 Å². The molecule has 0 radical (unpaired) electrons. The lowest BCUT2D eigenvalue weighted by atomic mass is 10.1. The number of hydrogen-bond donors (Lipinski definition) is 1. The van der Waals surface area contributed by atoms with Gasteiger partial charge in [-0.3, -0.25) is 4.79 Å². The second kappa shape index (κ2) is 4.18. The first-order valence-electron chi connectivity index (χ1n) is 5.29. The minimum atomic E-state index is -0.802. The molecular weight excluding hydrogens is 270 g/mol. The number of rotatable bonds is 3. The SMILES string of the molecule is CCOC(=O)C1(N)CC1c1ccc(Br)cc1. The molecular formula is C12H14BrNO2. The van der Waals surface area contributed by atoms with Crippen molar-refractivity contribution in [2.45, 2.75) is 24.8 Å². The highest BCUT2D eigenvalue weighted by Crippen LogP contribution is 2.50. The molecule has 16 heavy (non-hydrogen) atoms. The summed E-state index contributed by atoms with van der Waals surface area (Å²) in [5.74, 6) is -0.192. The number of hydrogen-bond acceptors (Lipinski definition) is 3. The van der Waals surface area contributed by atoms with E-state index < -0.39 is 5.54 Å². The standard InChI is InChI=1S/C12H14BrNO2/c1-2-16-11(15)12(14)7-10(12)8-3-5-9(13)6-4-8/h3-6,10H,2,7,14H2,1H3. The zero-order valence-corrected chi connectivity index (χ0v) is 10.7. The highest BCUT2D eigenvalue weighted by molar-refractivity contribution is 9.10. The summed E-state index contributed by atoms with van der Waals surface area (Å²) in [4.78, 5) is 11.6. The Bertz CT molecular complexity index is 404. The number of carbonyl (C=O) groups is 1. The molecule has 2 rings (SSSR count). The third kappa shape index (κ3) is 1.99. The van der Waals surface area contributed by atoms with Crippen molar-refractivity contribution in [3.8, 4) is 0 Å². The zero-order chi connectivity index (χ0) is 11.8. The van der Waals surface area contributed by atoms with E-state index in [0.717, 1.165) is 10.0 Å². The van der Waals surface area contributed by atoms with Crippen LogP contribution in [0.5, 0.6) is 0 Å². The predicted molar refractivity (Wildman–Crippen MR) is 65.1 cm³/mol. The van der Waals surface area contributed by atoms with Crippen LogP contribution in [0.4, 0.5) is 0 Å². The number of carbonyl (C=O) groups excluding carboxylic acids is 1. The predicted octanol–water partition coefficient (Wildman–Crippen LogP) is 2.20. The van der Waals surface area contributed by atoms with Crippen LogP contribution in [0.2, 0.25) is 0 Å². The van der Waals surface area contributed by atoms with Gasteiger partial charge in [0, 0.05) is 10.4 Å². The van der Waals surface area contributed by atoms with Crippen molar-refractivity contribution in [1.29, 1.82) is 0 Å². The van der Waals surface area contributed by atoms with Crippen molar-refractivity contribution in [3.05, 3.63) is 34.3 Å². The quantitative estimate of drug-likeness (QED) is 0.866. The van der Waals surface area contributed by atoms with Gasteiger partial charge in [0.25, 0.3) is 0 Å². The van der Waals surface area contributed by atoms with E-state index in [1.165, 1.54) is 0 Å². The minimum absolute atomic E-state index is 0.0969. The summed E-state index contributed by atoms with van der Waals surface area (Å²) in [5.41, 5.74) is 6.30. The van der Waals surface area contributed by atoms with Crippen LogP contribution < -0.4 is 5.73 Å². The van der Waals surface area contributed by atoms with Gasteiger partial charge in [0.15, 0.2) is 0 Å². The van der Waals surface area contributed by atoms with Crippen molar-refractivity contribution in [2.24, 2.45) is 5.73 Å². The molecule has 3 nitrogen and oxygen atoms in total. The van der Waals surface area contributed by atoms with Crippen LogP contribution in [0.15, 0.2) is 28.7 Å². The average molecular weight is 284 g/mol. The number of ether oxygens (including phenoxy) is 1. The van der Waals surface area contributed by atoms with Gasteiger partial charge in [0.05, 0.1) is 6.61 Å². The molecule has 2 atom stereocenters. The van der Waals surface area contributed by atoms with E-state index in [1.54, 1.807) is 6.92 Å². The minimum Gasteiger partial charge on any atom is -0.465 e. The molecule has 0 aromatic heterocycles. The van der Waals surface area contributed by atoms with Crippen LogP contribution in [-0.4, -0.2) is 18.1 Å². The largest absolute Gasteiger partial charge is 0.465 e. The lowest BCUT2D eigenvalue weighted by Crippen LogP contribution is -2.36. The number of halogens is 1. The summed E-state index contributed by atoms with van der Waals surface area (Å²) in [5, 5.41) is 0. The third-order valence-corrected chi connectivity index (χ3v) is 3.46. The first-order valence-corrected chi connectivity index (χ1v) is 6.09. The fourth-order valence-corrected chi connectivity index (χ4v) is 2.14. The van der Waals surface area contributed by atoms with E-state index in [1.807, 2.05) is 24.3 Å². The summed E-state index contributed by atoms with van der Waals surface area (Å²) in [6, 6.07) is 7.89. The van der Waals surface area contributed by atoms with Gasteiger partial charge in [-0.25, -0.2) is 0 Å². The molecule has 0 amide bonds. The topological polar surface area (TPSA) is 52.3 Å². The summed E-state index contributed by atoms with van der Waals surface area (Å²) in [7, 11) is 0. The Morgan fingerprint density at radius 1 is 1.56 bits per heavy atom. The molecule has 1 fully saturated rings. The van der Waals surface area contributed by atoms with E-state index >= 15 is 0 Å². The van der Waals surface area contributed by atoms with Gasteiger partial charge in [0.2, 0.25) is 0 Å². The fraction of sp³-hybridized carbons (Fsp3) is 0.417. The monoisotopic (exact) mass is 283 g/mol. The van der Waals surface area contributed by atoms with Gasteiger partial charge in [-0.05, 0) is 31.0 Å². The molecule has 0 spiro atoms. The molecule has 0 bridgehead atoms. The summed E-state index contributed by atoms with van der Waals surface area (Å²) in [6.07, 6.45) is 0.674. The maximum atomic E-state index is 11.6. The van der Waals surface area contributed by atoms with Crippen molar-refractivity contribution in [1.82, 2.24) is 0 Å². The van der Waals surface area contributed by atoms with Crippen LogP contribution >= 0.6 is 15.9 Å². The normalized spacial score (nSPS) is 27.6. The van der Waals surface area contributed by atoms with Crippen LogP contribution in [0.3, 0.4) is 0 Å². The molecule has 1 aromatic carbocycles. The van der Waals surface area contributed by atoms with Gasteiger partial charge in [-0.15, -0.1) is 0 Å². The molecule has 1 saturated carbocycles. The van der Waals surface area contributed by atoms with E-state index in [-0.39, 0.29) is 11.9 Å². The molecule has 2 unspecified atom stereocenters. The number of nitrogens with two attached hydrogens (primary N) is 1. The Balaban J connectivity index is 2.10. The van der Waals surface area contributed by atoms with Crippen LogP contribution in [0.25, 0.3) is 0 Å². The number of esters is 1. The first kappa shape index (κ1) is 11.6. The Hall–Kier alpha value is -0.870. The Morgan fingerprint density at radius 2 is 2.19 bits per heavy atom. The second-order valence-electron chi connectivity index (χ2n) is 4.07. The molecule has 0 aliphatic heterocycles. The van der Waals surface area contributed by atoms with Crippen molar-refractivity contribution in [2.75, 3.05) is 6.61 Å². The molecule has 2 N–H and O–H groups in total. The van der Waals surface area contributed by atoms with Crippen LogP contribution in [0.1, 0.15) is 24.8 Å². The van der Waals surface area contributed by atoms with E-state index in [2.05, 4.69) is 15.9 Å². The molecule has 1 aromatic rings. The molecule has 0 heterocycles. The summed E-state index contributed by atoms with van der Waals surface area (Å²) in [6.45, 7) is 2.17. The van der Waals surface area contributed by atoms with Crippen molar-refractivity contribution in [3.63, 3.8) is 0 Å². The van der Waals surface area contributed by atoms with Gasteiger partial charge in [-0.1, -0.05) is 28.1 Å². The van der Waals surface area contributed by atoms with E-state index in [9.17, 15) is 4.79 Å². The van der Waals surface area contributed by atoms with Gasteiger partial charge < -0.3 is 10.5 Å². The van der Waals surface area contributed by atoms with Crippen molar-refractivity contribution < 1.29 is 9.53 Å². The molecule has 0 saturated heterocycles. The summed E-state index contributed by atoms with van der Waals surface area (Å²) >= 11 is 3.37. The van der Waals surface area contributed by atoms with E-state index in [4.69, 9.17) is 10.5 Å². The molecule has 1 aliphatic rings. The fourth-order valence-electron chi connectivity index (χ4n) is 1.88. The maximum absolute atomic E-state index is 11.6. The van der Waals surface area contributed by atoms with Crippen LogP contribution in [0, 0.1) is 0 Å². The Morgan fingerprint density at radius 3 is 2.75 bits per heavy atom. The summed E-state index contributed by atoms with van der Waals surface area (Å²) < 4.78 is 5.99. The van der Waals surface area contributed by atoms with Gasteiger partial charge in [0.1, 0.15) is 5.54 Å². The average Bonchev–Trinajstić information content (AvgIpc) is 2.94. The Labute approximate surface area is 103 Å². The lowest BCUT2D eigenvalue weighted by Gasteiger charge is -2.10. The highest BCUT2D eigenvalue weighted by Gasteiger charge is 2.58. The maximum Gasteiger partial charge on any atom is 0.326 e. The lowest BCUT2D eigenvalue weighted by molar-refractivity contribution is -0.145. The Kier molecular flexibility index (Phi) is 3.04. The smallest absolute Gasteiger partial charge is 0.326 e. The second-order valence-corrected chi connectivity index (χ2v) is 4.98. The molecule has 4 heteroatoms. The van der Waals surface area contributed by atoms with Crippen molar-refractivity contribution >= 4 is 21.9 Å². The van der Waals surface area contributed by atoms with Gasteiger partial charge in [-0.2, -0.15) is 0 Å².